The fraction of sp³-hybridized carbons (Fsp3) is 0.375. The lowest BCUT2D eigenvalue weighted by atomic mass is 9.92. The molecule has 0 bridgehead atoms. The number of benzene rings is 1. The SMILES string of the molecule is C[C@@H]1CCCc2ccccc2[C@@H]1Nc1ncccn1. The van der Waals surface area contributed by atoms with Crippen LogP contribution in [0.25, 0.3) is 0 Å². The molecular formula is C16H19N3. The molecule has 1 aliphatic rings. The molecule has 0 unspecified atom stereocenters. The first-order valence-electron chi connectivity index (χ1n) is 6.96. The van der Waals surface area contributed by atoms with E-state index in [0.29, 0.717) is 12.0 Å². The van der Waals surface area contributed by atoms with Crippen molar-refractivity contribution in [2.75, 3.05) is 5.32 Å². The Balaban J connectivity index is 1.93. The second-order valence-electron chi connectivity index (χ2n) is 5.26. The van der Waals surface area contributed by atoms with Crippen molar-refractivity contribution in [1.29, 1.82) is 0 Å². The fourth-order valence-corrected chi connectivity index (χ4v) is 2.89. The summed E-state index contributed by atoms with van der Waals surface area (Å²) in [5, 5.41) is 3.50. The predicted molar refractivity (Wildman–Crippen MR) is 76.9 cm³/mol. The number of hydrogen-bond donors (Lipinski definition) is 1. The molecule has 3 rings (SSSR count). The molecule has 1 aliphatic carbocycles. The van der Waals surface area contributed by atoms with Gasteiger partial charge in [-0.3, -0.25) is 0 Å². The van der Waals surface area contributed by atoms with Gasteiger partial charge in [0.15, 0.2) is 0 Å². The molecule has 1 aromatic heterocycles. The van der Waals surface area contributed by atoms with Gasteiger partial charge >= 0.3 is 0 Å². The van der Waals surface area contributed by atoms with E-state index in [1.165, 1.54) is 30.4 Å². The highest BCUT2D eigenvalue weighted by atomic mass is 15.1. The molecule has 0 radical (unpaired) electrons. The molecule has 0 saturated carbocycles. The highest BCUT2D eigenvalue weighted by Gasteiger charge is 2.24. The molecule has 2 aromatic rings. The monoisotopic (exact) mass is 253 g/mol. The Kier molecular flexibility index (Phi) is 3.45. The molecule has 0 saturated heterocycles. The zero-order valence-corrected chi connectivity index (χ0v) is 11.2. The van der Waals surface area contributed by atoms with Crippen LogP contribution in [-0.2, 0) is 6.42 Å². The van der Waals surface area contributed by atoms with Crippen molar-refractivity contribution in [2.24, 2.45) is 5.92 Å². The van der Waals surface area contributed by atoms with Gasteiger partial charge in [0.25, 0.3) is 0 Å². The first-order chi connectivity index (χ1) is 9.34. The number of nitrogens with one attached hydrogen (secondary N) is 1. The molecule has 3 nitrogen and oxygen atoms in total. The number of fused-ring (bicyclic) bond motifs is 1. The molecule has 0 amide bonds. The topological polar surface area (TPSA) is 37.8 Å². The normalized spacial score (nSPS) is 22.4. The minimum atomic E-state index is 0.307. The number of aryl methyl sites for hydroxylation is 1. The molecule has 98 valence electrons. The number of anilines is 1. The Bertz CT molecular complexity index is 539. The Morgan fingerprint density at radius 1 is 1.11 bits per heavy atom. The quantitative estimate of drug-likeness (QED) is 0.831. The van der Waals surface area contributed by atoms with Crippen molar-refractivity contribution >= 4 is 5.95 Å². The largest absolute Gasteiger partial charge is 0.347 e. The van der Waals surface area contributed by atoms with E-state index in [2.05, 4.69) is 46.5 Å². The van der Waals surface area contributed by atoms with Crippen molar-refractivity contribution < 1.29 is 0 Å². The summed E-state index contributed by atoms with van der Waals surface area (Å²) in [7, 11) is 0. The van der Waals surface area contributed by atoms with E-state index in [9.17, 15) is 0 Å². The Morgan fingerprint density at radius 2 is 1.89 bits per heavy atom. The van der Waals surface area contributed by atoms with Crippen LogP contribution >= 0.6 is 0 Å². The maximum Gasteiger partial charge on any atom is 0.223 e. The number of aromatic nitrogens is 2. The van der Waals surface area contributed by atoms with Gasteiger partial charge in [-0.05, 0) is 42.4 Å². The van der Waals surface area contributed by atoms with Crippen molar-refractivity contribution in [2.45, 2.75) is 32.2 Å². The molecule has 1 heterocycles. The lowest BCUT2D eigenvalue weighted by Gasteiger charge is -2.24. The van der Waals surface area contributed by atoms with Gasteiger partial charge in [-0.2, -0.15) is 0 Å². The minimum Gasteiger partial charge on any atom is -0.347 e. The maximum atomic E-state index is 4.29. The standard InChI is InChI=1S/C16H19N3/c1-12-6-4-8-13-7-2-3-9-14(13)15(12)19-16-17-10-5-11-18-16/h2-3,5,7,9-12,15H,4,6,8H2,1H3,(H,17,18,19)/t12-,15-/m1/s1. The summed E-state index contributed by atoms with van der Waals surface area (Å²) < 4.78 is 0. The summed E-state index contributed by atoms with van der Waals surface area (Å²) in [4.78, 5) is 8.58. The Morgan fingerprint density at radius 3 is 2.74 bits per heavy atom. The van der Waals surface area contributed by atoms with Crippen LogP contribution in [0, 0.1) is 5.92 Å². The van der Waals surface area contributed by atoms with Gasteiger partial charge in [0, 0.05) is 12.4 Å². The molecular weight excluding hydrogens is 234 g/mol. The Labute approximate surface area is 114 Å². The van der Waals surface area contributed by atoms with Crippen LogP contribution in [0.3, 0.4) is 0 Å². The van der Waals surface area contributed by atoms with E-state index >= 15 is 0 Å². The number of rotatable bonds is 2. The molecule has 2 atom stereocenters. The maximum absolute atomic E-state index is 4.29. The van der Waals surface area contributed by atoms with E-state index in [1.807, 2.05) is 6.07 Å². The summed E-state index contributed by atoms with van der Waals surface area (Å²) >= 11 is 0. The lowest BCUT2D eigenvalue weighted by molar-refractivity contribution is 0.461. The van der Waals surface area contributed by atoms with Crippen LogP contribution in [0.4, 0.5) is 5.95 Å². The summed E-state index contributed by atoms with van der Waals surface area (Å²) in [6, 6.07) is 10.9. The molecule has 0 fully saturated rings. The molecule has 1 aromatic carbocycles. The third-order valence-electron chi connectivity index (χ3n) is 3.92. The molecule has 1 N–H and O–H groups in total. The van der Waals surface area contributed by atoms with E-state index in [0.717, 1.165) is 5.95 Å². The first kappa shape index (κ1) is 12.2. The average Bonchev–Trinajstić information content (AvgIpc) is 2.61. The zero-order valence-electron chi connectivity index (χ0n) is 11.2. The van der Waals surface area contributed by atoms with Crippen LogP contribution in [0.15, 0.2) is 42.7 Å². The van der Waals surface area contributed by atoms with E-state index in [1.54, 1.807) is 12.4 Å². The summed E-state index contributed by atoms with van der Waals surface area (Å²) in [5.74, 6) is 1.31. The third-order valence-corrected chi connectivity index (χ3v) is 3.92. The average molecular weight is 253 g/mol. The predicted octanol–water partition coefficient (Wildman–Crippen LogP) is 3.60. The van der Waals surface area contributed by atoms with Gasteiger partial charge in [0.1, 0.15) is 0 Å². The first-order valence-corrected chi connectivity index (χ1v) is 6.96. The fourth-order valence-electron chi connectivity index (χ4n) is 2.89. The molecule has 19 heavy (non-hydrogen) atoms. The van der Waals surface area contributed by atoms with Gasteiger partial charge < -0.3 is 5.32 Å². The van der Waals surface area contributed by atoms with E-state index in [4.69, 9.17) is 0 Å². The van der Waals surface area contributed by atoms with Crippen molar-refractivity contribution in [3.8, 4) is 0 Å². The van der Waals surface area contributed by atoms with E-state index in [-0.39, 0.29) is 0 Å². The van der Waals surface area contributed by atoms with Crippen molar-refractivity contribution in [3.63, 3.8) is 0 Å². The van der Waals surface area contributed by atoms with Gasteiger partial charge in [-0.1, -0.05) is 31.2 Å². The van der Waals surface area contributed by atoms with Crippen molar-refractivity contribution in [3.05, 3.63) is 53.9 Å². The van der Waals surface area contributed by atoms with Crippen LogP contribution in [0.5, 0.6) is 0 Å². The van der Waals surface area contributed by atoms with Crippen LogP contribution in [-0.4, -0.2) is 9.97 Å². The highest BCUT2D eigenvalue weighted by molar-refractivity contribution is 5.38. The van der Waals surface area contributed by atoms with Crippen LogP contribution in [0.1, 0.15) is 36.9 Å². The van der Waals surface area contributed by atoms with Crippen molar-refractivity contribution in [1.82, 2.24) is 9.97 Å². The second kappa shape index (κ2) is 5.39. The molecule has 0 spiro atoms. The van der Waals surface area contributed by atoms with Gasteiger partial charge in [-0.15, -0.1) is 0 Å². The zero-order chi connectivity index (χ0) is 13.1. The number of nitrogens with zero attached hydrogens (tertiary/aromatic N) is 2. The van der Waals surface area contributed by atoms with Gasteiger partial charge in [0.2, 0.25) is 5.95 Å². The smallest absolute Gasteiger partial charge is 0.223 e. The third kappa shape index (κ3) is 2.60. The van der Waals surface area contributed by atoms with Gasteiger partial charge in [-0.25, -0.2) is 9.97 Å². The molecule has 0 aliphatic heterocycles. The van der Waals surface area contributed by atoms with Crippen LogP contribution < -0.4 is 5.32 Å². The summed E-state index contributed by atoms with van der Waals surface area (Å²) in [5.41, 5.74) is 2.86. The second-order valence-corrected chi connectivity index (χ2v) is 5.26. The summed E-state index contributed by atoms with van der Waals surface area (Å²) in [6.45, 7) is 2.31. The molecule has 3 heteroatoms. The van der Waals surface area contributed by atoms with E-state index < -0.39 is 0 Å². The number of hydrogen-bond acceptors (Lipinski definition) is 3. The summed E-state index contributed by atoms with van der Waals surface area (Å²) in [6.07, 6.45) is 7.23. The van der Waals surface area contributed by atoms with Gasteiger partial charge in [0.05, 0.1) is 6.04 Å². The van der Waals surface area contributed by atoms with Crippen LogP contribution in [0.2, 0.25) is 0 Å². The Hall–Kier alpha value is -1.90. The lowest BCUT2D eigenvalue weighted by Crippen LogP contribution is -2.19. The highest BCUT2D eigenvalue weighted by Crippen LogP contribution is 2.34. The minimum absolute atomic E-state index is 0.307.